The van der Waals surface area contributed by atoms with Crippen molar-refractivity contribution >= 4 is 5.97 Å². The van der Waals surface area contributed by atoms with Gasteiger partial charge in [0.1, 0.15) is 6.61 Å². The first-order valence-electron chi connectivity index (χ1n) is 8.74. The summed E-state index contributed by atoms with van der Waals surface area (Å²) in [5.41, 5.74) is 1.45. The van der Waals surface area contributed by atoms with Gasteiger partial charge in [-0.2, -0.15) is 0 Å². The Morgan fingerprint density at radius 1 is 0.833 bits per heavy atom. The first-order chi connectivity index (χ1) is 11.5. The normalized spacial score (nSPS) is 16.0. The van der Waals surface area contributed by atoms with Crippen LogP contribution in [0.3, 0.4) is 0 Å². The molecule has 0 unspecified atom stereocenters. The predicted octanol–water partition coefficient (Wildman–Crippen LogP) is 5.27. The van der Waals surface area contributed by atoms with E-state index in [9.17, 15) is 4.79 Å². The monoisotopic (exact) mass is 324 g/mol. The molecule has 0 heterocycles. The number of carbonyl (C=O) groups excluding carboxylic acids is 1. The third-order valence-electron chi connectivity index (χ3n) is 5.34. The molecule has 0 amide bonds. The second-order valence-electron chi connectivity index (χ2n) is 6.91. The molecule has 128 valence electrons. The van der Waals surface area contributed by atoms with Gasteiger partial charge in [-0.25, -0.2) is 0 Å². The van der Waals surface area contributed by atoms with E-state index in [2.05, 4.69) is 26.0 Å². The zero-order chi connectivity index (χ0) is 17.6. The van der Waals surface area contributed by atoms with E-state index in [0.717, 1.165) is 12.0 Å². The van der Waals surface area contributed by atoms with Gasteiger partial charge in [0.25, 0.3) is 0 Å². The highest BCUT2D eigenvalue weighted by Gasteiger charge is 2.36. The molecular formula is C22H28O2. The van der Waals surface area contributed by atoms with E-state index in [1.165, 1.54) is 5.56 Å². The molecule has 0 spiro atoms. The maximum Gasteiger partial charge on any atom is 0.316 e. The minimum atomic E-state index is -0.605. The number of rotatable bonds is 7. The Bertz CT molecular complexity index is 650. The molecule has 0 aliphatic rings. The van der Waals surface area contributed by atoms with Crippen molar-refractivity contribution in [2.45, 2.75) is 51.4 Å². The van der Waals surface area contributed by atoms with Crippen molar-refractivity contribution < 1.29 is 9.53 Å². The maximum atomic E-state index is 12.9. The second-order valence-corrected chi connectivity index (χ2v) is 6.91. The lowest BCUT2D eigenvalue weighted by Crippen LogP contribution is -2.37. The Kier molecular flexibility index (Phi) is 5.82. The minimum absolute atomic E-state index is 0.146. The van der Waals surface area contributed by atoms with Crippen molar-refractivity contribution in [1.82, 2.24) is 0 Å². The van der Waals surface area contributed by atoms with Crippen LogP contribution >= 0.6 is 0 Å². The summed E-state index contributed by atoms with van der Waals surface area (Å²) in [4.78, 5) is 12.9. The molecule has 0 saturated carbocycles. The molecule has 0 fully saturated rings. The molecule has 24 heavy (non-hydrogen) atoms. The lowest BCUT2D eigenvalue weighted by molar-refractivity contribution is -0.152. The highest BCUT2D eigenvalue weighted by molar-refractivity contribution is 5.82. The highest BCUT2D eigenvalue weighted by Crippen LogP contribution is 2.32. The molecule has 2 atom stereocenters. The van der Waals surface area contributed by atoms with Crippen LogP contribution in [0.25, 0.3) is 0 Å². The topological polar surface area (TPSA) is 26.3 Å². The van der Waals surface area contributed by atoms with Gasteiger partial charge in [0.05, 0.1) is 5.41 Å². The molecule has 0 aliphatic heterocycles. The minimum Gasteiger partial charge on any atom is -0.464 e. The third kappa shape index (κ3) is 3.69. The molecule has 0 radical (unpaired) electrons. The molecule has 2 aromatic carbocycles. The van der Waals surface area contributed by atoms with Crippen LogP contribution in [0.1, 0.15) is 51.7 Å². The fourth-order valence-electron chi connectivity index (χ4n) is 2.89. The van der Waals surface area contributed by atoms with E-state index in [4.69, 9.17) is 4.74 Å². The molecule has 2 rings (SSSR count). The van der Waals surface area contributed by atoms with Crippen molar-refractivity contribution in [2.75, 3.05) is 6.61 Å². The largest absolute Gasteiger partial charge is 0.464 e. The standard InChI is InChI=1S/C22H28O2/c1-5-21(3,18-13-9-7-10-14-18)17-24-20(23)22(4,6-2)19-15-11-8-12-16-19/h7-16H,5-6,17H2,1-4H3/t21-,22+/m0/s1. The number of ether oxygens (including phenoxy) is 1. The lowest BCUT2D eigenvalue weighted by atomic mass is 9.79. The number of hydrogen-bond acceptors (Lipinski definition) is 2. The summed E-state index contributed by atoms with van der Waals surface area (Å²) in [5.74, 6) is -0.146. The van der Waals surface area contributed by atoms with Crippen molar-refractivity contribution in [3.05, 3.63) is 71.8 Å². The molecule has 0 aromatic heterocycles. The van der Waals surface area contributed by atoms with Crippen molar-refractivity contribution in [3.8, 4) is 0 Å². The summed E-state index contributed by atoms with van der Waals surface area (Å²) in [6, 6.07) is 20.2. The van der Waals surface area contributed by atoms with Crippen LogP contribution in [0.5, 0.6) is 0 Å². The van der Waals surface area contributed by atoms with Crippen LogP contribution in [0, 0.1) is 0 Å². The Labute approximate surface area is 145 Å². The average Bonchev–Trinajstić information content (AvgIpc) is 2.66. The van der Waals surface area contributed by atoms with Gasteiger partial charge in [-0.05, 0) is 30.9 Å². The summed E-state index contributed by atoms with van der Waals surface area (Å²) < 4.78 is 5.82. The van der Waals surface area contributed by atoms with Gasteiger partial charge >= 0.3 is 5.97 Å². The summed E-state index contributed by atoms with van der Waals surface area (Å²) in [7, 11) is 0. The Morgan fingerprint density at radius 2 is 1.33 bits per heavy atom. The summed E-state index contributed by atoms with van der Waals surface area (Å²) in [6.45, 7) is 8.69. The Morgan fingerprint density at radius 3 is 1.79 bits per heavy atom. The Balaban J connectivity index is 2.16. The van der Waals surface area contributed by atoms with Gasteiger partial charge in [-0.15, -0.1) is 0 Å². The summed E-state index contributed by atoms with van der Waals surface area (Å²) in [5, 5.41) is 0. The maximum absolute atomic E-state index is 12.9. The van der Waals surface area contributed by atoms with Gasteiger partial charge in [0.2, 0.25) is 0 Å². The zero-order valence-electron chi connectivity index (χ0n) is 15.2. The molecule has 0 aliphatic carbocycles. The van der Waals surface area contributed by atoms with Crippen molar-refractivity contribution in [3.63, 3.8) is 0 Å². The van der Waals surface area contributed by atoms with Crippen LogP contribution in [-0.4, -0.2) is 12.6 Å². The van der Waals surface area contributed by atoms with Crippen LogP contribution in [0.4, 0.5) is 0 Å². The van der Waals surface area contributed by atoms with E-state index >= 15 is 0 Å². The fourth-order valence-corrected chi connectivity index (χ4v) is 2.89. The SMILES string of the molecule is CC[C@@](C)(COC(=O)[C@](C)(CC)c1ccccc1)c1ccccc1. The van der Waals surface area contributed by atoms with Crippen LogP contribution in [-0.2, 0) is 20.4 Å². The third-order valence-corrected chi connectivity index (χ3v) is 5.34. The summed E-state index contributed by atoms with van der Waals surface area (Å²) >= 11 is 0. The highest BCUT2D eigenvalue weighted by atomic mass is 16.5. The second kappa shape index (κ2) is 7.65. The van der Waals surface area contributed by atoms with Crippen molar-refractivity contribution in [1.29, 1.82) is 0 Å². The molecule has 2 nitrogen and oxygen atoms in total. The molecule has 0 saturated heterocycles. The Hall–Kier alpha value is -2.09. The first kappa shape index (κ1) is 18.3. The summed E-state index contributed by atoms with van der Waals surface area (Å²) in [6.07, 6.45) is 1.63. The van der Waals surface area contributed by atoms with Gasteiger partial charge in [-0.1, -0.05) is 81.4 Å². The molecular weight excluding hydrogens is 296 g/mol. The van der Waals surface area contributed by atoms with Crippen LogP contribution in [0.15, 0.2) is 60.7 Å². The number of esters is 1. The average molecular weight is 324 g/mol. The zero-order valence-corrected chi connectivity index (χ0v) is 15.2. The number of hydrogen-bond donors (Lipinski definition) is 0. The predicted molar refractivity (Wildman–Crippen MR) is 99.1 cm³/mol. The van der Waals surface area contributed by atoms with Gasteiger partial charge < -0.3 is 4.74 Å². The lowest BCUT2D eigenvalue weighted by Gasteiger charge is -2.32. The smallest absolute Gasteiger partial charge is 0.316 e. The molecule has 2 aromatic rings. The van der Waals surface area contributed by atoms with E-state index < -0.39 is 5.41 Å². The van der Waals surface area contributed by atoms with Crippen LogP contribution in [0.2, 0.25) is 0 Å². The van der Waals surface area contributed by atoms with E-state index in [1.807, 2.05) is 62.4 Å². The molecule has 0 bridgehead atoms. The van der Waals surface area contributed by atoms with Gasteiger partial charge in [0, 0.05) is 5.41 Å². The number of carbonyl (C=O) groups is 1. The molecule has 0 N–H and O–H groups in total. The fraction of sp³-hybridized carbons (Fsp3) is 0.409. The number of benzene rings is 2. The quantitative estimate of drug-likeness (QED) is 0.649. The van der Waals surface area contributed by atoms with Crippen LogP contribution < -0.4 is 0 Å². The van der Waals surface area contributed by atoms with E-state index in [0.29, 0.717) is 13.0 Å². The van der Waals surface area contributed by atoms with E-state index in [-0.39, 0.29) is 11.4 Å². The first-order valence-corrected chi connectivity index (χ1v) is 8.74. The molecule has 2 heteroatoms. The van der Waals surface area contributed by atoms with E-state index in [1.54, 1.807) is 0 Å². The van der Waals surface area contributed by atoms with Gasteiger partial charge in [0.15, 0.2) is 0 Å². The van der Waals surface area contributed by atoms with Crippen molar-refractivity contribution in [2.24, 2.45) is 0 Å². The van der Waals surface area contributed by atoms with Gasteiger partial charge in [-0.3, -0.25) is 4.79 Å².